The van der Waals surface area contributed by atoms with E-state index in [9.17, 15) is 0 Å². The predicted octanol–water partition coefficient (Wildman–Crippen LogP) is 3.43. The third kappa shape index (κ3) is 3.89. The Labute approximate surface area is 123 Å². The van der Waals surface area contributed by atoms with E-state index in [1.165, 1.54) is 24.1 Å². The summed E-state index contributed by atoms with van der Waals surface area (Å²) in [5, 5.41) is 3.37. The Morgan fingerprint density at radius 3 is 2.65 bits per heavy atom. The molecule has 0 saturated carbocycles. The summed E-state index contributed by atoms with van der Waals surface area (Å²) < 4.78 is 5.87. The van der Waals surface area contributed by atoms with Crippen LogP contribution in [0.2, 0.25) is 0 Å². The molecule has 1 saturated heterocycles. The van der Waals surface area contributed by atoms with Gasteiger partial charge >= 0.3 is 0 Å². The van der Waals surface area contributed by atoms with Crippen molar-refractivity contribution in [3.05, 3.63) is 23.8 Å². The zero-order valence-electron chi connectivity index (χ0n) is 13.1. The van der Waals surface area contributed by atoms with Gasteiger partial charge in [-0.05, 0) is 49.9 Å². The van der Waals surface area contributed by atoms with Gasteiger partial charge in [0.1, 0.15) is 5.75 Å². The fraction of sp³-hybridized carbons (Fsp3) is 0.647. The van der Waals surface area contributed by atoms with Gasteiger partial charge in [0.15, 0.2) is 0 Å². The first-order chi connectivity index (χ1) is 9.74. The molecule has 0 aliphatic carbocycles. The largest absolute Gasteiger partial charge is 0.492 e. The number of nitrogens with one attached hydrogen (secondary N) is 1. The van der Waals surface area contributed by atoms with Crippen LogP contribution in [0.3, 0.4) is 0 Å². The van der Waals surface area contributed by atoms with Crippen molar-refractivity contribution >= 4 is 5.69 Å². The first-order valence-corrected chi connectivity index (χ1v) is 7.96. The molecule has 1 aliphatic heterocycles. The molecule has 1 fully saturated rings. The first-order valence-electron chi connectivity index (χ1n) is 7.96. The number of hydrogen-bond donors (Lipinski definition) is 1. The minimum absolute atomic E-state index is 0.724. The normalized spacial score (nSPS) is 16.4. The van der Waals surface area contributed by atoms with Crippen LogP contribution in [0.1, 0.15) is 39.2 Å². The molecule has 0 amide bonds. The Bertz CT molecular complexity index is 411. The molecule has 0 aromatic heterocycles. The molecule has 0 unspecified atom stereocenters. The van der Waals surface area contributed by atoms with Crippen LogP contribution < -0.4 is 15.0 Å². The lowest BCUT2D eigenvalue weighted by Gasteiger charge is -2.33. The number of nitrogens with zero attached hydrogens (tertiary/aromatic N) is 1. The molecule has 1 N–H and O–H groups in total. The van der Waals surface area contributed by atoms with Crippen LogP contribution in [0.4, 0.5) is 5.69 Å². The molecule has 1 heterocycles. The molecular weight excluding hydrogens is 248 g/mol. The maximum Gasteiger partial charge on any atom is 0.142 e. The minimum Gasteiger partial charge on any atom is -0.492 e. The molecule has 3 heteroatoms. The second kappa shape index (κ2) is 7.53. The fourth-order valence-corrected chi connectivity index (χ4v) is 2.72. The molecule has 1 aliphatic rings. The van der Waals surface area contributed by atoms with Gasteiger partial charge in [-0.2, -0.15) is 0 Å². The van der Waals surface area contributed by atoms with Gasteiger partial charge in [-0.25, -0.2) is 0 Å². The molecule has 0 radical (unpaired) electrons. The molecule has 112 valence electrons. The predicted molar refractivity (Wildman–Crippen MR) is 85.6 cm³/mol. The average Bonchev–Trinajstić information content (AvgIpc) is 2.47. The number of hydrogen-bond acceptors (Lipinski definition) is 3. The van der Waals surface area contributed by atoms with E-state index in [1.807, 2.05) is 0 Å². The maximum atomic E-state index is 5.87. The van der Waals surface area contributed by atoms with E-state index in [4.69, 9.17) is 4.74 Å². The van der Waals surface area contributed by atoms with Crippen molar-refractivity contribution in [1.29, 1.82) is 0 Å². The standard InChI is InChI=1S/C17H28N2O/c1-4-18-13-15-6-7-16(17(12-15)20-5-2)19-10-8-14(3)9-11-19/h6-7,12,14,18H,4-5,8-11,13H2,1-3H3. The van der Waals surface area contributed by atoms with E-state index in [2.05, 4.69) is 49.2 Å². The van der Waals surface area contributed by atoms with Gasteiger partial charge in [-0.1, -0.05) is 19.9 Å². The summed E-state index contributed by atoms with van der Waals surface area (Å²) in [5.41, 5.74) is 2.56. The highest BCUT2D eigenvalue weighted by Crippen LogP contribution is 2.32. The zero-order chi connectivity index (χ0) is 14.4. The molecule has 3 nitrogen and oxygen atoms in total. The Morgan fingerprint density at radius 2 is 2.00 bits per heavy atom. The summed E-state index contributed by atoms with van der Waals surface area (Å²) in [5.74, 6) is 1.90. The van der Waals surface area contributed by atoms with Crippen molar-refractivity contribution in [2.45, 2.75) is 40.2 Å². The van der Waals surface area contributed by atoms with Crippen LogP contribution in [0.15, 0.2) is 18.2 Å². The third-order valence-corrected chi connectivity index (χ3v) is 4.03. The van der Waals surface area contributed by atoms with E-state index in [0.717, 1.165) is 44.5 Å². The summed E-state index contributed by atoms with van der Waals surface area (Å²) in [6.45, 7) is 11.5. The Hall–Kier alpha value is -1.22. The molecular formula is C17H28N2O. The van der Waals surface area contributed by atoms with E-state index in [-0.39, 0.29) is 0 Å². The molecule has 1 aromatic carbocycles. The second-order valence-corrected chi connectivity index (χ2v) is 5.68. The van der Waals surface area contributed by atoms with E-state index < -0.39 is 0 Å². The molecule has 20 heavy (non-hydrogen) atoms. The number of benzene rings is 1. The van der Waals surface area contributed by atoms with Gasteiger partial charge in [-0.15, -0.1) is 0 Å². The van der Waals surface area contributed by atoms with Crippen molar-refractivity contribution in [3.63, 3.8) is 0 Å². The Morgan fingerprint density at radius 1 is 1.25 bits per heavy atom. The van der Waals surface area contributed by atoms with Crippen LogP contribution in [-0.4, -0.2) is 26.2 Å². The molecule has 0 atom stereocenters. The summed E-state index contributed by atoms with van der Waals surface area (Å²) in [7, 11) is 0. The van der Waals surface area contributed by atoms with Crippen molar-refractivity contribution < 1.29 is 4.74 Å². The van der Waals surface area contributed by atoms with Gasteiger partial charge < -0.3 is 15.0 Å². The van der Waals surface area contributed by atoms with Crippen molar-refractivity contribution in [1.82, 2.24) is 5.32 Å². The number of rotatable bonds is 6. The molecule has 2 rings (SSSR count). The van der Waals surface area contributed by atoms with Crippen molar-refractivity contribution in [2.24, 2.45) is 5.92 Å². The van der Waals surface area contributed by atoms with Gasteiger partial charge in [-0.3, -0.25) is 0 Å². The summed E-state index contributed by atoms with van der Waals surface area (Å²) in [4.78, 5) is 2.47. The summed E-state index contributed by atoms with van der Waals surface area (Å²) in [6.07, 6.45) is 2.56. The minimum atomic E-state index is 0.724. The number of anilines is 1. The van der Waals surface area contributed by atoms with Crippen molar-refractivity contribution in [2.75, 3.05) is 31.1 Å². The lowest BCUT2D eigenvalue weighted by atomic mass is 9.98. The quantitative estimate of drug-likeness (QED) is 0.861. The Kier molecular flexibility index (Phi) is 5.72. The van der Waals surface area contributed by atoms with Crippen molar-refractivity contribution in [3.8, 4) is 5.75 Å². The van der Waals surface area contributed by atoms with E-state index >= 15 is 0 Å². The Balaban J connectivity index is 2.14. The molecule has 1 aromatic rings. The number of piperidine rings is 1. The van der Waals surface area contributed by atoms with Gasteiger partial charge in [0.2, 0.25) is 0 Å². The van der Waals surface area contributed by atoms with Gasteiger partial charge in [0, 0.05) is 19.6 Å². The SMILES string of the molecule is CCNCc1ccc(N2CCC(C)CC2)c(OCC)c1. The van der Waals surface area contributed by atoms with Gasteiger partial charge in [0.05, 0.1) is 12.3 Å². The smallest absolute Gasteiger partial charge is 0.142 e. The number of ether oxygens (including phenoxy) is 1. The maximum absolute atomic E-state index is 5.87. The monoisotopic (exact) mass is 276 g/mol. The lowest BCUT2D eigenvalue weighted by Crippen LogP contribution is -2.33. The highest BCUT2D eigenvalue weighted by Gasteiger charge is 2.19. The van der Waals surface area contributed by atoms with Gasteiger partial charge in [0.25, 0.3) is 0 Å². The fourth-order valence-electron chi connectivity index (χ4n) is 2.72. The summed E-state index contributed by atoms with van der Waals surface area (Å²) >= 11 is 0. The summed E-state index contributed by atoms with van der Waals surface area (Å²) in [6, 6.07) is 6.64. The van der Waals surface area contributed by atoms with Crippen LogP contribution in [0.25, 0.3) is 0 Å². The van der Waals surface area contributed by atoms with Crippen LogP contribution in [-0.2, 0) is 6.54 Å². The van der Waals surface area contributed by atoms with Crippen LogP contribution in [0, 0.1) is 5.92 Å². The first kappa shape index (κ1) is 15.2. The molecule has 0 bridgehead atoms. The topological polar surface area (TPSA) is 24.5 Å². The average molecular weight is 276 g/mol. The molecule has 0 spiro atoms. The van der Waals surface area contributed by atoms with E-state index in [1.54, 1.807) is 0 Å². The lowest BCUT2D eigenvalue weighted by molar-refractivity contribution is 0.337. The second-order valence-electron chi connectivity index (χ2n) is 5.68. The van der Waals surface area contributed by atoms with Crippen LogP contribution in [0.5, 0.6) is 5.75 Å². The highest BCUT2D eigenvalue weighted by atomic mass is 16.5. The highest BCUT2D eigenvalue weighted by molar-refractivity contribution is 5.60. The third-order valence-electron chi connectivity index (χ3n) is 4.03. The van der Waals surface area contributed by atoms with E-state index in [0.29, 0.717) is 0 Å². The van der Waals surface area contributed by atoms with Crippen LogP contribution >= 0.6 is 0 Å². The zero-order valence-corrected chi connectivity index (χ0v) is 13.1.